The molecule has 24 heavy (non-hydrogen) atoms. The third-order valence-corrected chi connectivity index (χ3v) is 3.72. The largest absolute Gasteiger partial charge is 0.478 e. The number of hydrogen-bond donors (Lipinski definition) is 2. The fourth-order valence-electron chi connectivity index (χ4n) is 2.39. The van der Waals surface area contributed by atoms with Gasteiger partial charge in [-0.15, -0.1) is 0 Å². The van der Waals surface area contributed by atoms with Gasteiger partial charge in [-0.1, -0.05) is 24.3 Å². The van der Waals surface area contributed by atoms with Crippen LogP contribution in [0.5, 0.6) is 0 Å². The molecule has 0 aliphatic carbocycles. The Kier molecular flexibility index (Phi) is 4.88. The van der Waals surface area contributed by atoms with Gasteiger partial charge in [0.1, 0.15) is 0 Å². The Balaban J connectivity index is 1.56. The molecule has 1 fully saturated rings. The van der Waals surface area contributed by atoms with Crippen molar-refractivity contribution < 1.29 is 24.2 Å². The lowest BCUT2D eigenvalue weighted by Gasteiger charge is -2.10. The summed E-state index contributed by atoms with van der Waals surface area (Å²) in [7, 11) is 0. The van der Waals surface area contributed by atoms with E-state index in [0.717, 1.165) is 11.1 Å². The second kappa shape index (κ2) is 7.25. The minimum Gasteiger partial charge on any atom is -0.478 e. The van der Waals surface area contributed by atoms with Crippen molar-refractivity contribution in [2.45, 2.75) is 12.8 Å². The molecule has 0 spiro atoms. The molecule has 2 aromatic carbocycles. The Morgan fingerprint density at radius 3 is 2.12 bits per heavy atom. The number of rotatable bonds is 5. The smallest absolute Gasteiger partial charge is 0.335 e. The van der Waals surface area contributed by atoms with Crippen molar-refractivity contribution in [2.24, 2.45) is 0 Å². The number of carbonyl (C=O) groups excluding carboxylic acids is 1. The van der Waals surface area contributed by atoms with Crippen LogP contribution in [0.2, 0.25) is 0 Å². The fraction of sp³-hybridized carbons (Fsp3) is 0.222. The molecule has 0 saturated carbocycles. The first-order valence-electron chi connectivity index (χ1n) is 7.57. The van der Waals surface area contributed by atoms with Crippen molar-refractivity contribution >= 4 is 11.9 Å². The molecule has 1 amide bonds. The van der Waals surface area contributed by atoms with Crippen LogP contribution < -0.4 is 5.32 Å². The normalized spacial score (nSPS) is 14.5. The van der Waals surface area contributed by atoms with Gasteiger partial charge in [-0.3, -0.25) is 4.79 Å². The van der Waals surface area contributed by atoms with E-state index in [2.05, 4.69) is 5.32 Å². The second-order valence-electron chi connectivity index (χ2n) is 5.38. The van der Waals surface area contributed by atoms with Crippen molar-refractivity contribution in [3.8, 4) is 0 Å². The number of benzene rings is 2. The fourth-order valence-corrected chi connectivity index (χ4v) is 2.39. The average Bonchev–Trinajstić information content (AvgIpc) is 3.15. The van der Waals surface area contributed by atoms with Crippen molar-refractivity contribution in [1.82, 2.24) is 5.32 Å². The zero-order valence-corrected chi connectivity index (χ0v) is 12.9. The molecule has 1 saturated heterocycles. The molecular weight excluding hydrogens is 310 g/mol. The predicted molar refractivity (Wildman–Crippen MR) is 85.7 cm³/mol. The van der Waals surface area contributed by atoms with Crippen molar-refractivity contribution in [1.29, 1.82) is 0 Å². The molecule has 0 radical (unpaired) electrons. The number of carboxylic acids is 1. The van der Waals surface area contributed by atoms with Crippen LogP contribution in [-0.2, 0) is 16.0 Å². The van der Waals surface area contributed by atoms with Crippen LogP contribution in [0.4, 0.5) is 0 Å². The third kappa shape index (κ3) is 3.79. The molecule has 0 bridgehead atoms. The summed E-state index contributed by atoms with van der Waals surface area (Å²) >= 11 is 0. The van der Waals surface area contributed by atoms with E-state index in [1.165, 1.54) is 24.3 Å². The van der Waals surface area contributed by atoms with Crippen molar-refractivity contribution in [3.05, 3.63) is 70.8 Å². The highest BCUT2D eigenvalue weighted by Crippen LogP contribution is 2.23. The monoisotopic (exact) mass is 327 g/mol. The summed E-state index contributed by atoms with van der Waals surface area (Å²) in [6.45, 7) is 1.58. The lowest BCUT2D eigenvalue weighted by atomic mass is 10.1. The highest BCUT2D eigenvalue weighted by Gasteiger charge is 2.17. The van der Waals surface area contributed by atoms with E-state index in [4.69, 9.17) is 14.6 Å². The lowest BCUT2D eigenvalue weighted by molar-refractivity contribution is -0.0441. The summed E-state index contributed by atoms with van der Waals surface area (Å²) in [6.07, 6.45) is -0.304. The maximum absolute atomic E-state index is 12.1. The van der Waals surface area contributed by atoms with Gasteiger partial charge >= 0.3 is 5.97 Å². The Morgan fingerprint density at radius 1 is 0.958 bits per heavy atom. The zero-order valence-electron chi connectivity index (χ0n) is 12.9. The second-order valence-corrected chi connectivity index (χ2v) is 5.38. The van der Waals surface area contributed by atoms with E-state index < -0.39 is 5.97 Å². The van der Waals surface area contributed by atoms with Crippen LogP contribution in [-0.4, -0.2) is 30.2 Å². The summed E-state index contributed by atoms with van der Waals surface area (Å²) in [6, 6.07) is 13.5. The minimum atomic E-state index is -1.02. The highest BCUT2D eigenvalue weighted by atomic mass is 16.7. The van der Waals surface area contributed by atoms with Crippen LogP contribution in [0.3, 0.4) is 0 Å². The Bertz CT molecular complexity index is 718. The number of hydrogen-bond acceptors (Lipinski definition) is 4. The molecule has 2 aromatic rings. The highest BCUT2D eigenvalue weighted by molar-refractivity contribution is 5.95. The number of carbonyl (C=O) groups is 2. The zero-order chi connectivity index (χ0) is 16.9. The summed E-state index contributed by atoms with van der Waals surface area (Å²) in [5.41, 5.74) is 2.47. The van der Waals surface area contributed by atoms with Crippen LogP contribution in [0, 0.1) is 0 Å². The summed E-state index contributed by atoms with van der Waals surface area (Å²) in [4.78, 5) is 22.9. The molecule has 124 valence electrons. The minimum absolute atomic E-state index is 0.151. The van der Waals surface area contributed by atoms with Crippen molar-refractivity contribution in [3.63, 3.8) is 0 Å². The van der Waals surface area contributed by atoms with Gasteiger partial charge in [-0.25, -0.2) is 4.79 Å². The van der Waals surface area contributed by atoms with E-state index in [-0.39, 0.29) is 17.8 Å². The molecule has 6 heteroatoms. The van der Waals surface area contributed by atoms with Gasteiger partial charge in [-0.2, -0.15) is 0 Å². The van der Waals surface area contributed by atoms with Crippen molar-refractivity contribution in [2.75, 3.05) is 13.2 Å². The maximum atomic E-state index is 12.1. The van der Waals surface area contributed by atoms with E-state index in [1.54, 1.807) is 0 Å². The molecule has 0 aromatic heterocycles. The van der Waals surface area contributed by atoms with Gasteiger partial charge in [-0.05, 0) is 29.8 Å². The first kappa shape index (κ1) is 16.2. The molecule has 1 heterocycles. The predicted octanol–water partition coefficient (Wildman–Crippen LogP) is 2.36. The number of amides is 1. The quantitative estimate of drug-likeness (QED) is 0.880. The van der Waals surface area contributed by atoms with E-state index in [9.17, 15) is 9.59 Å². The van der Waals surface area contributed by atoms with Gasteiger partial charge in [0.25, 0.3) is 5.91 Å². The molecule has 6 nitrogen and oxygen atoms in total. The average molecular weight is 327 g/mol. The van der Waals surface area contributed by atoms with Crippen LogP contribution in [0.15, 0.2) is 48.5 Å². The Hall–Kier alpha value is -2.70. The summed E-state index contributed by atoms with van der Waals surface area (Å²) in [5.74, 6) is -1.27. The molecule has 1 aliphatic rings. The van der Waals surface area contributed by atoms with Gasteiger partial charge in [0.2, 0.25) is 0 Å². The number of carboxylic acid groups (broad SMARTS) is 1. The number of ether oxygens (including phenoxy) is 2. The van der Waals surface area contributed by atoms with E-state index >= 15 is 0 Å². The van der Waals surface area contributed by atoms with E-state index in [1.807, 2.05) is 24.3 Å². The van der Waals surface area contributed by atoms with Gasteiger partial charge in [0.05, 0.1) is 18.8 Å². The van der Waals surface area contributed by atoms with Gasteiger partial charge in [0.15, 0.2) is 6.29 Å². The van der Waals surface area contributed by atoms with Gasteiger partial charge < -0.3 is 19.9 Å². The first-order chi connectivity index (χ1) is 11.6. The topological polar surface area (TPSA) is 84.9 Å². The standard InChI is InChI=1S/C18H17NO5/c20-16(13-5-7-14(8-6-13)17(21)22)19-11-12-1-3-15(4-2-12)18-23-9-10-24-18/h1-8,18H,9-11H2,(H,19,20)(H,21,22). The van der Waals surface area contributed by atoms with Crippen LogP contribution in [0.1, 0.15) is 38.1 Å². The number of nitrogens with one attached hydrogen (secondary N) is 1. The summed E-state index contributed by atoms with van der Waals surface area (Å²) in [5, 5.41) is 11.7. The van der Waals surface area contributed by atoms with Gasteiger partial charge in [0, 0.05) is 17.7 Å². The summed E-state index contributed by atoms with van der Waals surface area (Å²) < 4.78 is 10.9. The number of aromatic carboxylic acids is 1. The van der Waals surface area contributed by atoms with Crippen LogP contribution in [0.25, 0.3) is 0 Å². The molecule has 1 aliphatic heterocycles. The molecule has 0 unspecified atom stereocenters. The van der Waals surface area contributed by atoms with Crippen LogP contribution >= 0.6 is 0 Å². The maximum Gasteiger partial charge on any atom is 0.335 e. The SMILES string of the molecule is O=C(O)c1ccc(C(=O)NCc2ccc(C3OCCO3)cc2)cc1. The third-order valence-electron chi connectivity index (χ3n) is 3.72. The first-order valence-corrected chi connectivity index (χ1v) is 7.57. The molecule has 0 atom stereocenters. The molecule has 3 rings (SSSR count). The Morgan fingerprint density at radius 2 is 1.54 bits per heavy atom. The van der Waals surface area contributed by atoms with E-state index in [0.29, 0.717) is 25.3 Å². The molecule has 2 N–H and O–H groups in total. The lowest BCUT2D eigenvalue weighted by Crippen LogP contribution is -2.22. The Labute approximate surface area is 139 Å². The molecular formula is C18H17NO5.